The van der Waals surface area contributed by atoms with Crippen LogP contribution in [0.2, 0.25) is 0 Å². The first-order chi connectivity index (χ1) is 14.5. The van der Waals surface area contributed by atoms with Gasteiger partial charge in [-0.15, -0.1) is 10.2 Å². The second-order valence-corrected chi connectivity index (χ2v) is 7.90. The van der Waals surface area contributed by atoms with Crippen molar-refractivity contribution in [3.63, 3.8) is 0 Å². The molecule has 0 radical (unpaired) electrons. The molecule has 1 saturated carbocycles. The first-order valence-corrected chi connectivity index (χ1v) is 10.3. The highest BCUT2D eigenvalue weighted by Crippen LogP contribution is 2.26. The van der Waals surface area contributed by atoms with Crippen LogP contribution in [0.4, 0.5) is 5.69 Å². The Hall–Kier alpha value is -3.35. The Morgan fingerprint density at radius 1 is 1.23 bits per heavy atom. The smallest absolute Gasteiger partial charge is 0.231 e. The molecule has 3 aromatic rings. The number of rotatable bonds is 6. The Morgan fingerprint density at radius 2 is 2.03 bits per heavy atom. The van der Waals surface area contributed by atoms with Gasteiger partial charge in [0.1, 0.15) is 5.78 Å². The molecule has 0 aliphatic heterocycles. The number of amides is 1. The average Bonchev–Trinajstić information content (AvgIpc) is 3.36. The Kier molecular flexibility index (Phi) is 5.70. The third kappa shape index (κ3) is 4.45. The fraction of sp³-hybridized carbons (Fsp3) is 0.348. The van der Waals surface area contributed by atoms with Gasteiger partial charge in [-0.25, -0.2) is 0 Å². The van der Waals surface area contributed by atoms with E-state index in [-0.39, 0.29) is 17.7 Å². The molecule has 1 N–H and O–H groups in total. The number of ketones is 1. The fourth-order valence-corrected chi connectivity index (χ4v) is 3.87. The first kappa shape index (κ1) is 19.9. The molecule has 4 rings (SSSR count). The number of nitrogens with zero attached hydrogens (tertiary/aromatic N) is 4. The molecule has 0 unspecified atom stereocenters. The molecule has 1 amide bonds. The summed E-state index contributed by atoms with van der Waals surface area (Å²) in [6, 6.07) is 15.4. The molecule has 0 saturated heterocycles. The number of benzene rings is 2. The molecule has 0 spiro atoms. The van der Waals surface area contributed by atoms with Gasteiger partial charge < -0.3 is 5.32 Å². The average molecular weight is 403 g/mol. The molecule has 1 aromatic heterocycles. The van der Waals surface area contributed by atoms with Crippen molar-refractivity contribution in [1.82, 2.24) is 20.2 Å². The number of aromatic nitrogens is 4. The number of Topliss-reactive ketones (excluding diaryl/α,β-unsaturated/α-hetero) is 1. The van der Waals surface area contributed by atoms with Gasteiger partial charge in [-0.2, -0.15) is 4.80 Å². The summed E-state index contributed by atoms with van der Waals surface area (Å²) in [6.45, 7) is 1.89. The van der Waals surface area contributed by atoms with Crippen LogP contribution in [0.15, 0.2) is 48.5 Å². The Bertz CT molecular complexity index is 1060. The fourth-order valence-electron chi connectivity index (χ4n) is 3.87. The van der Waals surface area contributed by atoms with E-state index in [1.165, 1.54) is 4.80 Å². The number of aryl methyl sites for hydroxylation is 1. The number of carbonyl (C=O) groups excluding carboxylic acids is 2. The molecule has 2 atom stereocenters. The number of hydrogen-bond donors (Lipinski definition) is 1. The van der Waals surface area contributed by atoms with Crippen LogP contribution in [0, 0.1) is 5.92 Å². The highest BCUT2D eigenvalue weighted by molar-refractivity contribution is 5.96. The first-order valence-electron chi connectivity index (χ1n) is 10.3. The summed E-state index contributed by atoms with van der Waals surface area (Å²) in [6.07, 6.45) is 3.51. The van der Waals surface area contributed by atoms with Crippen molar-refractivity contribution in [1.29, 1.82) is 0 Å². The summed E-state index contributed by atoms with van der Waals surface area (Å²) < 4.78 is 0. The van der Waals surface area contributed by atoms with Gasteiger partial charge in [0, 0.05) is 23.6 Å². The standard InChI is InChI=1S/C23H25N5O2/c1-15(17-11-9-16(10-12-17)13-18-5-4-8-21(18)29)23(30)24-20-7-3-6-19(14-20)22-25-27-28(2)26-22/h3,6-7,9-12,14-15,18H,4-5,8,13H2,1-2H3,(H,24,30)/t15-,18-/m0/s1. The molecule has 1 fully saturated rings. The largest absolute Gasteiger partial charge is 0.326 e. The van der Waals surface area contributed by atoms with Gasteiger partial charge >= 0.3 is 0 Å². The highest BCUT2D eigenvalue weighted by atomic mass is 16.2. The van der Waals surface area contributed by atoms with Crippen molar-refractivity contribution < 1.29 is 9.59 Å². The Balaban J connectivity index is 1.40. The van der Waals surface area contributed by atoms with E-state index >= 15 is 0 Å². The zero-order valence-corrected chi connectivity index (χ0v) is 17.2. The normalized spacial score (nSPS) is 17.1. The van der Waals surface area contributed by atoms with E-state index in [0.29, 0.717) is 23.7 Å². The number of anilines is 1. The third-order valence-electron chi connectivity index (χ3n) is 5.68. The second-order valence-electron chi connectivity index (χ2n) is 7.90. The third-order valence-corrected chi connectivity index (χ3v) is 5.68. The lowest BCUT2D eigenvalue weighted by Gasteiger charge is -2.14. The highest BCUT2D eigenvalue weighted by Gasteiger charge is 2.24. The molecule has 7 nitrogen and oxygen atoms in total. The lowest BCUT2D eigenvalue weighted by Crippen LogP contribution is -2.19. The Labute approximate surface area is 175 Å². The molecule has 2 aromatic carbocycles. The van der Waals surface area contributed by atoms with Crippen molar-refractivity contribution in [2.45, 2.75) is 38.5 Å². The number of hydrogen-bond acceptors (Lipinski definition) is 5. The molecule has 1 aliphatic carbocycles. The van der Waals surface area contributed by atoms with Gasteiger partial charge in [-0.1, -0.05) is 36.4 Å². The van der Waals surface area contributed by atoms with Crippen molar-refractivity contribution in [2.75, 3.05) is 5.32 Å². The summed E-state index contributed by atoms with van der Waals surface area (Å²) in [5.74, 6) is 0.666. The van der Waals surface area contributed by atoms with Crippen LogP contribution in [0.1, 0.15) is 43.2 Å². The summed E-state index contributed by atoms with van der Waals surface area (Å²) in [7, 11) is 1.71. The minimum Gasteiger partial charge on any atom is -0.326 e. The summed E-state index contributed by atoms with van der Waals surface area (Å²) >= 11 is 0. The quantitative estimate of drug-likeness (QED) is 0.680. The van der Waals surface area contributed by atoms with E-state index < -0.39 is 0 Å². The van der Waals surface area contributed by atoms with Crippen LogP contribution in [0.5, 0.6) is 0 Å². The molecule has 30 heavy (non-hydrogen) atoms. The van der Waals surface area contributed by atoms with E-state index in [1.807, 2.05) is 55.5 Å². The summed E-state index contributed by atoms with van der Waals surface area (Å²) in [5, 5.41) is 15.0. The van der Waals surface area contributed by atoms with Crippen molar-refractivity contribution in [3.8, 4) is 11.4 Å². The van der Waals surface area contributed by atoms with E-state index in [0.717, 1.165) is 36.0 Å². The van der Waals surface area contributed by atoms with Crippen molar-refractivity contribution in [2.24, 2.45) is 13.0 Å². The van der Waals surface area contributed by atoms with Crippen LogP contribution in [0.3, 0.4) is 0 Å². The second kappa shape index (κ2) is 8.57. The molecule has 1 heterocycles. The van der Waals surface area contributed by atoms with Gasteiger partial charge in [0.15, 0.2) is 0 Å². The number of tetrazole rings is 1. The molecule has 1 aliphatic rings. The topological polar surface area (TPSA) is 89.8 Å². The van der Waals surface area contributed by atoms with Crippen LogP contribution in [0.25, 0.3) is 11.4 Å². The van der Waals surface area contributed by atoms with E-state index in [4.69, 9.17) is 0 Å². The maximum absolute atomic E-state index is 12.8. The van der Waals surface area contributed by atoms with Gasteiger partial charge in [0.2, 0.25) is 11.7 Å². The summed E-state index contributed by atoms with van der Waals surface area (Å²) in [4.78, 5) is 26.0. The Morgan fingerprint density at radius 3 is 2.70 bits per heavy atom. The van der Waals surface area contributed by atoms with Crippen LogP contribution < -0.4 is 5.32 Å². The molecular formula is C23H25N5O2. The van der Waals surface area contributed by atoms with Gasteiger partial charge in [0.05, 0.1) is 13.0 Å². The number of carbonyl (C=O) groups is 2. The predicted molar refractivity (Wildman–Crippen MR) is 114 cm³/mol. The minimum absolute atomic E-state index is 0.0852. The van der Waals surface area contributed by atoms with Crippen molar-refractivity contribution in [3.05, 3.63) is 59.7 Å². The van der Waals surface area contributed by atoms with E-state index in [2.05, 4.69) is 20.7 Å². The van der Waals surface area contributed by atoms with Gasteiger partial charge in [-0.3, -0.25) is 9.59 Å². The predicted octanol–water partition coefficient (Wildman–Crippen LogP) is 3.53. The maximum Gasteiger partial charge on any atom is 0.231 e. The zero-order valence-electron chi connectivity index (χ0n) is 17.2. The summed E-state index contributed by atoms with van der Waals surface area (Å²) in [5.41, 5.74) is 3.57. The van der Waals surface area contributed by atoms with Crippen LogP contribution >= 0.6 is 0 Å². The van der Waals surface area contributed by atoms with Crippen LogP contribution in [-0.4, -0.2) is 31.9 Å². The van der Waals surface area contributed by atoms with E-state index in [1.54, 1.807) is 7.05 Å². The SMILES string of the molecule is C[C@H](C(=O)Nc1cccc(-c2nnn(C)n2)c1)c1ccc(C[C@@H]2CCCC2=O)cc1. The molecule has 154 valence electrons. The maximum atomic E-state index is 12.8. The molecule has 7 heteroatoms. The van der Waals surface area contributed by atoms with Gasteiger partial charge in [-0.05, 0) is 54.7 Å². The van der Waals surface area contributed by atoms with Gasteiger partial charge in [0.25, 0.3) is 0 Å². The zero-order chi connectivity index (χ0) is 21.1. The molecular weight excluding hydrogens is 378 g/mol. The molecule has 0 bridgehead atoms. The van der Waals surface area contributed by atoms with E-state index in [9.17, 15) is 9.59 Å². The lowest BCUT2D eigenvalue weighted by molar-refractivity contribution is -0.120. The minimum atomic E-state index is -0.300. The van der Waals surface area contributed by atoms with Crippen LogP contribution in [-0.2, 0) is 23.1 Å². The van der Waals surface area contributed by atoms with Crippen molar-refractivity contribution >= 4 is 17.4 Å². The lowest BCUT2D eigenvalue weighted by atomic mass is 9.94. The number of nitrogens with one attached hydrogen (secondary N) is 1. The monoisotopic (exact) mass is 403 g/mol.